The molecule has 0 spiro atoms. The zero-order chi connectivity index (χ0) is 19.9. The van der Waals surface area contributed by atoms with E-state index < -0.39 is 0 Å². The second-order valence-electron chi connectivity index (χ2n) is 8.06. The largest absolute Gasteiger partial charge is 0.345 e. The van der Waals surface area contributed by atoms with E-state index in [1.807, 2.05) is 44.0 Å². The number of hydrogen-bond acceptors (Lipinski definition) is 1. The summed E-state index contributed by atoms with van der Waals surface area (Å²) in [6.07, 6.45) is 5.23. The Morgan fingerprint density at radius 2 is 1.85 bits per heavy atom. The molecule has 5 heteroatoms. The minimum absolute atomic E-state index is 0.0341. The van der Waals surface area contributed by atoms with Crippen LogP contribution >= 0.6 is 0 Å². The molecular formula is C22H32FN3O. The first-order valence-corrected chi connectivity index (χ1v) is 9.74. The summed E-state index contributed by atoms with van der Waals surface area (Å²) in [5.41, 5.74) is 1.83. The highest BCUT2D eigenvalue weighted by molar-refractivity contribution is 5.74. The lowest BCUT2D eigenvalue weighted by Gasteiger charge is -2.29. The molecular weight excluding hydrogens is 341 g/mol. The average Bonchev–Trinajstić information content (AvgIpc) is 3.01. The molecule has 4 nitrogen and oxygen atoms in total. The number of aromatic nitrogens is 1. The van der Waals surface area contributed by atoms with Crippen LogP contribution in [-0.2, 0) is 13.1 Å². The highest BCUT2D eigenvalue weighted by Gasteiger charge is 2.20. The van der Waals surface area contributed by atoms with Gasteiger partial charge in [0.15, 0.2) is 0 Å². The first-order chi connectivity index (χ1) is 12.8. The van der Waals surface area contributed by atoms with Gasteiger partial charge in [-0.1, -0.05) is 31.9 Å². The van der Waals surface area contributed by atoms with Crippen LogP contribution in [0, 0.1) is 5.82 Å². The Labute approximate surface area is 162 Å². The molecule has 1 heterocycles. The second kappa shape index (κ2) is 9.58. The van der Waals surface area contributed by atoms with Gasteiger partial charge < -0.3 is 14.8 Å². The van der Waals surface area contributed by atoms with Crippen molar-refractivity contribution < 1.29 is 9.18 Å². The summed E-state index contributed by atoms with van der Waals surface area (Å²) >= 11 is 0. The summed E-state index contributed by atoms with van der Waals surface area (Å²) < 4.78 is 15.2. The lowest BCUT2D eigenvalue weighted by Crippen LogP contribution is -2.48. The average molecular weight is 374 g/mol. The van der Waals surface area contributed by atoms with Crippen LogP contribution in [-0.4, -0.2) is 27.6 Å². The lowest BCUT2D eigenvalue weighted by molar-refractivity contribution is 0.183. The molecule has 0 aliphatic heterocycles. The van der Waals surface area contributed by atoms with Crippen LogP contribution in [0.1, 0.15) is 58.2 Å². The van der Waals surface area contributed by atoms with Crippen LogP contribution in [0.15, 0.2) is 42.6 Å². The fourth-order valence-corrected chi connectivity index (χ4v) is 2.93. The molecule has 0 bridgehead atoms. The molecule has 1 aromatic carbocycles. The zero-order valence-electron chi connectivity index (χ0n) is 17.0. The van der Waals surface area contributed by atoms with Gasteiger partial charge in [0, 0.05) is 30.5 Å². The van der Waals surface area contributed by atoms with Gasteiger partial charge in [0.25, 0.3) is 0 Å². The SMILES string of the molecule is CCCCCN(Cc1cccn1Cc1ccc(F)cc1)C(=O)NC(C)(C)C. The maximum Gasteiger partial charge on any atom is 0.318 e. The minimum Gasteiger partial charge on any atom is -0.345 e. The lowest BCUT2D eigenvalue weighted by atomic mass is 10.1. The van der Waals surface area contributed by atoms with Crippen molar-refractivity contribution in [2.45, 2.75) is 65.6 Å². The van der Waals surface area contributed by atoms with Crippen molar-refractivity contribution in [1.29, 1.82) is 0 Å². The Balaban J connectivity index is 2.10. The number of unbranched alkanes of at least 4 members (excludes halogenated alkanes) is 2. The predicted octanol–water partition coefficient (Wildman–Crippen LogP) is 5.18. The van der Waals surface area contributed by atoms with Gasteiger partial charge in [0.05, 0.1) is 6.54 Å². The normalized spacial score (nSPS) is 11.4. The molecule has 2 aromatic rings. The Hall–Kier alpha value is -2.30. The van der Waals surface area contributed by atoms with E-state index >= 15 is 0 Å². The van der Waals surface area contributed by atoms with Gasteiger partial charge in [0.2, 0.25) is 0 Å². The van der Waals surface area contributed by atoms with Crippen molar-refractivity contribution in [3.63, 3.8) is 0 Å². The van der Waals surface area contributed by atoms with Crippen LogP contribution in [0.5, 0.6) is 0 Å². The number of nitrogens with one attached hydrogen (secondary N) is 1. The molecule has 0 aliphatic carbocycles. The monoisotopic (exact) mass is 373 g/mol. The number of benzene rings is 1. The molecule has 0 radical (unpaired) electrons. The second-order valence-corrected chi connectivity index (χ2v) is 8.06. The van der Waals surface area contributed by atoms with E-state index in [9.17, 15) is 9.18 Å². The topological polar surface area (TPSA) is 37.3 Å². The first-order valence-electron chi connectivity index (χ1n) is 9.74. The predicted molar refractivity (Wildman–Crippen MR) is 108 cm³/mol. The van der Waals surface area contributed by atoms with Crippen molar-refractivity contribution in [1.82, 2.24) is 14.8 Å². The number of rotatable bonds is 8. The van der Waals surface area contributed by atoms with E-state index in [1.54, 1.807) is 12.1 Å². The summed E-state index contributed by atoms with van der Waals surface area (Å²) in [6.45, 7) is 10.1. The molecule has 0 atom stereocenters. The summed E-state index contributed by atoms with van der Waals surface area (Å²) in [5, 5.41) is 3.07. The minimum atomic E-state index is -0.268. The standard InChI is InChI=1S/C22H32FN3O/c1-5-6-7-14-26(21(27)24-22(2,3)4)17-20-9-8-15-25(20)16-18-10-12-19(23)13-11-18/h8-13,15H,5-7,14,16-17H2,1-4H3,(H,24,27). The van der Waals surface area contributed by atoms with E-state index in [0.29, 0.717) is 13.1 Å². The summed E-state index contributed by atoms with van der Waals surface area (Å²) in [6, 6.07) is 10.5. The molecule has 1 aromatic heterocycles. The number of halogens is 1. The Morgan fingerprint density at radius 1 is 1.15 bits per heavy atom. The molecule has 27 heavy (non-hydrogen) atoms. The van der Waals surface area contributed by atoms with Crippen LogP contribution in [0.4, 0.5) is 9.18 Å². The maximum absolute atomic E-state index is 13.1. The molecule has 0 aliphatic rings. The summed E-state index contributed by atoms with van der Waals surface area (Å²) in [5.74, 6) is -0.229. The van der Waals surface area contributed by atoms with Crippen molar-refractivity contribution in [3.05, 3.63) is 59.7 Å². The van der Waals surface area contributed by atoms with Crippen LogP contribution in [0.25, 0.3) is 0 Å². The number of carbonyl (C=O) groups is 1. The van der Waals surface area contributed by atoms with Crippen LogP contribution in [0.2, 0.25) is 0 Å². The van der Waals surface area contributed by atoms with E-state index in [0.717, 1.165) is 37.1 Å². The van der Waals surface area contributed by atoms with Gasteiger partial charge in [-0.15, -0.1) is 0 Å². The van der Waals surface area contributed by atoms with E-state index in [-0.39, 0.29) is 17.4 Å². The van der Waals surface area contributed by atoms with Crippen molar-refractivity contribution >= 4 is 6.03 Å². The third kappa shape index (κ3) is 7.08. The Kier molecular flexibility index (Phi) is 7.45. The van der Waals surface area contributed by atoms with Gasteiger partial charge in [-0.3, -0.25) is 0 Å². The molecule has 0 saturated heterocycles. The van der Waals surface area contributed by atoms with Gasteiger partial charge in [-0.05, 0) is 57.0 Å². The fraction of sp³-hybridized carbons (Fsp3) is 0.500. The molecule has 2 amide bonds. The highest BCUT2D eigenvalue weighted by Crippen LogP contribution is 2.13. The van der Waals surface area contributed by atoms with Gasteiger partial charge in [0.1, 0.15) is 5.82 Å². The third-order valence-corrected chi connectivity index (χ3v) is 4.34. The fourth-order valence-electron chi connectivity index (χ4n) is 2.93. The highest BCUT2D eigenvalue weighted by atomic mass is 19.1. The molecule has 0 unspecified atom stereocenters. The van der Waals surface area contributed by atoms with E-state index in [2.05, 4.69) is 16.8 Å². The third-order valence-electron chi connectivity index (χ3n) is 4.34. The molecule has 0 fully saturated rings. The first kappa shape index (κ1) is 21.0. The van der Waals surface area contributed by atoms with Crippen LogP contribution in [0.3, 0.4) is 0 Å². The van der Waals surface area contributed by atoms with Gasteiger partial charge in [-0.25, -0.2) is 9.18 Å². The molecule has 1 N–H and O–H groups in total. The van der Waals surface area contributed by atoms with Crippen molar-refractivity contribution in [2.24, 2.45) is 0 Å². The molecule has 2 rings (SSSR count). The quantitative estimate of drug-likeness (QED) is 0.636. The van der Waals surface area contributed by atoms with Gasteiger partial charge in [-0.2, -0.15) is 0 Å². The molecule has 0 saturated carbocycles. The number of urea groups is 1. The zero-order valence-corrected chi connectivity index (χ0v) is 17.0. The Morgan fingerprint density at radius 3 is 2.48 bits per heavy atom. The van der Waals surface area contributed by atoms with Crippen LogP contribution < -0.4 is 5.32 Å². The number of carbonyl (C=O) groups excluding carboxylic acids is 1. The van der Waals surface area contributed by atoms with E-state index in [4.69, 9.17) is 0 Å². The van der Waals surface area contributed by atoms with Crippen molar-refractivity contribution in [3.8, 4) is 0 Å². The molecule has 148 valence electrons. The summed E-state index contributed by atoms with van der Waals surface area (Å²) in [4.78, 5) is 14.6. The summed E-state index contributed by atoms with van der Waals surface area (Å²) in [7, 11) is 0. The van der Waals surface area contributed by atoms with Crippen molar-refractivity contribution in [2.75, 3.05) is 6.54 Å². The van der Waals surface area contributed by atoms with E-state index in [1.165, 1.54) is 12.1 Å². The smallest absolute Gasteiger partial charge is 0.318 e. The maximum atomic E-state index is 13.1. The Bertz CT molecular complexity index is 716. The number of hydrogen-bond donors (Lipinski definition) is 1. The number of amides is 2. The number of nitrogens with zero attached hydrogens (tertiary/aromatic N) is 2. The van der Waals surface area contributed by atoms with Gasteiger partial charge >= 0.3 is 6.03 Å².